The minimum atomic E-state index is -1.84. The smallest absolute Gasteiger partial charge is 0.336 e. The second kappa shape index (κ2) is 6.56. The van der Waals surface area contributed by atoms with Crippen molar-refractivity contribution in [3.8, 4) is 0 Å². The zero-order chi connectivity index (χ0) is 13.6. The highest BCUT2D eigenvalue weighted by molar-refractivity contribution is 5.79. The van der Waals surface area contributed by atoms with Crippen LogP contribution in [0.2, 0.25) is 0 Å². The van der Waals surface area contributed by atoms with E-state index < -0.39 is 11.6 Å². The first kappa shape index (κ1) is 15.9. The van der Waals surface area contributed by atoms with Gasteiger partial charge in [-0.3, -0.25) is 9.69 Å². The molecule has 0 saturated carbocycles. The Hall–Kier alpha value is -1.14. The molecule has 6 heteroatoms. The zero-order valence-corrected chi connectivity index (χ0v) is 10.9. The van der Waals surface area contributed by atoms with E-state index in [9.17, 15) is 14.7 Å². The molecular formula is C11H22N2O4. The SMILES string of the molecule is CCN(CC)C(=O)CN(C)CC(C)(O)C(=O)O. The van der Waals surface area contributed by atoms with E-state index in [1.807, 2.05) is 13.8 Å². The van der Waals surface area contributed by atoms with Gasteiger partial charge < -0.3 is 15.1 Å². The van der Waals surface area contributed by atoms with E-state index in [0.29, 0.717) is 13.1 Å². The van der Waals surface area contributed by atoms with Crippen LogP contribution in [0.15, 0.2) is 0 Å². The van der Waals surface area contributed by atoms with Gasteiger partial charge in [0.25, 0.3) is 0 Å². The third kappa shape index (κ3) is 5.14. The van der Waals surface area contributed by atoms with Crippen molar-refractivity contribution in [2.75, 3.05) is 33.2 Å². The summed E-state index contributed by atoms with van der Waals surface area (Å²) in [5, 5.41) is 18.3. The zero-order valence-electron chi connectivity index (χ0n) is 10.9. The van der Waals surface area contributed by atoms with Crippen molar-refractivity contribution in [3.05, 3.63) is 0 Å². The van der Waals surface area contributed by atoms with Crippen molar-refractivity contribution in [2.45, 2.75) is 26.4 Å². The summed E-state index contributed by atoms with van der Waals surface area (Å²) < 4.78 is 0. The number of hydrogen-bond acceptors (Lipinski definition) is 4. The van der Waals surface area contributed by atoms with Gasteiger partial charge in [0.2, 0.25) is 5.91 Å². The number of likely N-dealkylation sites (N-methyl/N-ethyl adjacent to an activating group) is 2. The highest BCUT2D eigenvalue weighted by atomic mass is 16.4. The van der Waals surface area contributed by atoms with Gasteiger partial charge in [0.1, 0.15) is 0 Å². The van der Waals surface area contributed by atoms with Crippen LogP contribution in [0.5, 0.6) is 0 Å². The normalized spacial score (nSPS) is 14.5. The molecule has 0 aromatic carbocycles. The van der Waals surface area contributed by atoms with Crippen LogP contribution >= 0.6 is 0 Å². The number of carboxylic acids is 1. The lowest BCUT2D eigenvalue weighted by molar-refractivity contribution is -0.158. The number of rotatable bonds is 7. The first-order chi connectivity index (χ1) is 7.74. The Kier molecular flexibility index (Phi) is 6.12. The standard InChI is InChI=1S/C11H22N2O4/c1-5-13(6-2)9(14)7-12(4)8-11(3,17)10(15)16/h17H,5-8H2,1-4H3,(H,15,16). The van der Waals surface area contributed by atoms with E-state index >= 15 is 0 Å². The number of carbonyl (C=O) groups excluding carboxylic acids is 1. The summed E-state index contributed by atoms with van der Waals surface area (Å²) in [5.41, 5.74) is -1.84. The summed E-state index contributed by atoms with van der Waals surface area (Å²) in [7, 11) is 1.61. The van der Waals surface area contributed by atoms with Crippen molar-refractivity contribution in [1.82, 2.24) is 9.80 Å². The van der Waals surface area contributed by atoms with Crippen LogP contribution in [0.1, 0.15) is 20.8 Å². The van der Waals surface area contributed by atoms with Gasteiger partial charge in [-0.05, 0) is 27.8 Å². The maximum Gasteiger partial charge on any atom is 0.336 e. The Morgan fingerprint density at radius 2 is 1.71 bits per heavy atom. The molecule has 0 aliphatic heterocycles. The third-order valence-corrected chi connectivity index (χ3v) is 2.56. The lowest BCUT2D eigenvalue weighted by Gasteiger charge is -2.27. The van der Waals surface area contributed by atoms with Gasteiger partial charge >= 0.3 is 5.97 Å². The van der Waals surface area contributed by atoms with Crippen molar-refractivity contribution in [3.63, 3.8) is 0 Å². The molecule has 2 N–H and O–H groups in total. The fraction of sp³-hybridized carbons (Fsp3) is 0.818. The number of hydrogen-bond donors (Lipinski definition) is 2. The molecule has 0 spiro atoms. The molecule has 0 heterocycles. The average Bonchev–Trinajstić information content (AvgIpc) is 2.17. The number of carboxylic acid groups (broad SMARTS) is 1. The Labute approximate surface area is 102 Å². The van der Waals surface area contributed by atoms with Crippen molar-refractivity contribution in [2.24, 2.45) is 0 Å². The fourth-order valence-electron chi connectivity index (χ4n) is 1.56. The Morgan fingerprint density at radius 1 is 1.24 bits per heavy atom. The van der Waals surface area contributed by atoms with Gasteiger partial charge in [0.05, 0.1) is 6.54 Å². The van der Waals surface area contributed by atoms with Gasteiger partial charge in [0, 0.05) is 19.6 Å². The molecule has 0 aromatic rings. The monoisotopic (exact) mass is 246 g/mol. The predicted octanol–water partition coefficient (Wildman–Crippen LogP) is -0.378. The topological polar surface area (TPSA) is 81.1 Å². The molecular weight excluding hydrogens is 224 g/mol. The number of aliphatic hydroxyl groups is 1. The minimum Gasteiger partial charge on any atom is -0.479 e. The van der Waals surface area contributed by atoms with E-state index in [4.69, 9.17) is 5.11 Å². The summed E-state index contributed by atoms with van der Waals surface area (Å²) in [4.78, 5) is 25.6. The summed E-state index contributed by atoms with van der Waals surface area (Å²) in [6.45, 7) is 6.24. The van der Waals surface area contributed by atoms with Gasteiger partial charge in [-0.15, -0.1) is 0 Å². The molecule has 1 atom stereocenters. The maximum absolute atomic E-state index is 11.7. The Bertz CT molecular complexity index is 275. The van der Waals surface area contributed by atoms with Crippen LogP contribution in [-0.4, -0.2) is 70.7 Å². The van der Waals surface area contributed by atoms with Gasteiger partial charge in [-0.1, -0.05) is 0 Å². The van der Waals surface area contributed by atoms with E-state index in [1.165, 1.54) is 11.8 Å². The van der Waals surface area contributed by atoms with E-state index in [2.05, 4.69) is 0 Å². The van der Waals surface area contributed by atoms with Crippen LogP contribution in [0.3, 0.4) is 0 Å². The molecule has 0 bridgehead atoms. The summed E-state index contributed by atoms with van der Waals surface area (Å²) in [5.74, 6) is -1.36. The number of aliphatic carboxylic acids is 1. The predicted molar refractivity (Wildman–Crippen MR) is 63.7 cm³/mol. The van der Waals surface area contributed by atoms with Crippen LogP contribution in [0, 0.1) is 0 Å². The molecule has 1 amide bonds. The van der Waals surface area contributed by atoms with E-state index in [1.54, 1.807) is 11.9 Å². The van der Waals surface area contributed by atoms with Crippen LogP contribution in [0.25, 0.3) is 0 Å². The average molecular weight is 246 g/mol. The first-order valence-electron chi connectivity index (χ1n) is 5.66. The quantitative estimate of drug-likeness (QED) is 0.640. The van der Waals surface area contributed by atoms with Crippen molar-refractivity contribution >= 4 is 11.9 Å². The molecule has 1 unspecified atom stereocenters. The second-order valence-corrected chi connectivity index (χ2v) is 4.32. The molecule has 6 nitrogen and oxygen atoms in total. The Morgan fingerprint density at radius 3 is 2.06 bits per heavy atom. The number of carbonyl (C=O) groups is 2. The van der Waals surface area contributed by atoms with Gasteiger partial charge in [0.15, 0.2) is 5.60 Å². The minimum absolute atomic E-state index is 0.0707. The molecule has 0 saturated heterocycles. The molecule has 17 heavy (non-hydrogen) atoms. The second-order valence-electron chi connectivity index (χ2n) is 4.32. The number of amides is 1. The molecule has 0 aliphatic rings. The van der Waals surface area contributed by atoms with Crippen LogP contribution in [-0.2, 0) is 9.59 Å². The largest absolute Gasteiger partial charge is 0.479 e. The summed E-state index contributed by atoms with van der Waals surface area (Å²) in [6, 6.07) is 0. The van der Waals surface area contributed by atoms with Gasteiger partial charge in [-0.25, -0.2) is 4.79 Å². The first-order valence-corrected chi connectivity index (χ1v) is 5.66. The lowest BCUT2D eigenvalue weighted by atomic mass is 10.1. The van der Waals surface area contributed by atoms with Crippen LogP contribution in [0.4, 0.5) is 0 Å². The third-order valence-electron chi connectivity index (χ3n) is 2.56. The fourth-order valence-corrected chi connectivity index (χ4v) is 1.56. The maximum atomic E-state index is 11.7. The highest BCUT2D eigenvalue weighted by Gasteiger charge is 2.31. The molecule has 0 rings (SSSR count). The lowest BCUT2D eigenvalue weighted by Crippen LogP contribution is -2.48. The molecule has 0 fully saturated rings. The number of nitrogens with zero attached hydrogens (tertiary/aromatic N) is 2. The van der Waals surface area contributed by atoms with Crippen LogP contribution < -0.4 is 0 Å². The van der Waals surface area contributed by atoms with Crippen molar-refractivity contribution in [1.29, 1.82) is 0 Å². The molecule has 0 aliphatic carbocycles. The highest BCUT2D eigenvalue weighted by Crippen LogP contribution is 2.05. The summed E-state index contributed by atoms with van der Waals surface area (Å²) >= 11 is 0. The summed E-state index contributed by atoms with van der Waals surface area (Å²) in [6.07, 6.45) is 0. The molecule has 100 valence electrons. The molecule has 0 radical (unpaired) electrons. The Balaban J connectivity index is 4.32. The van der Waals surface area contributed by atoms with Gasteiger partial charge in [-0.2, -0.15) is 0 Å². The molecule has 0 aromatic heterocycles. The van der Waals surface area contributed by atoms with E-state index in [0.717, 1.165) is 0 Å². The van der Waals surface area contributed by atoms with Crippen molar-refractivity contribution < 1.29 is 19.8 Å². The van der Waals surface area contributed by atoms with E-state index in [-0.39, 0.29) is 19.0 Å².